The summed E-state index contributed by atoms with van der Waals surface area (Å²) in [6.07, 6.45) is 1.78. The smallest absolute Gasteiger partial charge is 0.305 e. The molecule has 1 rings (SSSR count). The van der Waals surface area contributed by atoms with Crippen molar-refractivity contribution in [2.45, 2.75) is 25.3 Å². The Morgan fingerprint density at radius 2 is 2.29 bits per heavy atom. The molecule has 0 bridgehead atoms. The van der Waals surface area contributed by atoms with Crippen molar-refractivity contribution in [3.63, 3.8) is 0 Å². The molecule has 1 amide bonds. The number of nitrogens with zero attached hydrogens (tertiary/aromatic N) is 1. The molecular weight excluding hydrogens is 242 g/mol. The zero-order valence-corrected chi connectivity index (χ0v) is 10.9. The summed E-state index contributed by atoms with van der Waals surface area (Å²) < 4.78 is 4.90. The molecule has 1 fully saturated rings. The number of ether oxygens (including phenoxy) is 1. The number of hydrogen-bond donors (Lipinski definition) is 1. The monoisotopic (exact) mass is 261 g/mol. The van der Waals surface area contributed by atoms with Crippen LogP contribution in [-0.2, 0) is 14.3 Å². The van der Waals surface area contributed by atoms with Crippen LogP contribution >= 0.6 is 11.8 Å². The molecule has 0 saturated carbocycles. The number of amides is 1. The average Bonchev–Trinajstić information content (AvgIpc) is 2.71. The molecule has 17 heavy (non-hydrogen) atoms. The van der Waals surface area contributed by atoms with E-state index in [1.807, 2.05) is 0 Å². The van der Waals surface area contributed by atoms with E-state index in [1.165, 1.54) is 11.8 Å². The van der Waals surface area contributed by atoms with Crippen LogP contribution in [0.5, 0.6) is 0 Å². The Labute approximate surface area is 105 Å². The Morgan fingerprint density at radius 3 is 2.94 bits per heavy atom. The third-order valence-electron chi connectivity index (χ3n) is 2.77. The number of carboxylic acid groups (broad SMARTS) is 1. The van der Waals surface area contributed by atoms with Gasteiger partial charge in [0.1, 0.15) is 0 Å². The van der Waals surface area contributed by atoms with Gasteiger partial charge in [0.15, 0.2) is 0 Å². The molecule has 0 aromatic heterocycles. The van der Waals surface area contributed by atoms with Crippen molar-refractivity contribution in [3.05, 3.63) is 0 Å². The van der Waals surface area contributed by atoms with Gasteiger partial charge in [-0.15, -0.1) is 11.8 Å². The van der Waals surface area contributed by atoms with E-state index in [-0.39, 0.29) is 18.4 Å². The summed E-state index contributed by atoms with van der Waals surface area (Å²) in [4.78, 5) is 24.3. The molecule has 1 atom stereocenters. The molecular formula is C11H19NO4S. The summed E-state index contributed by atoms with van der Waals surface area (Å²) >= 11 is 1.53. The summed E-state index contributed by atoms with van der Waals surface area (Å²) in [5, 5.41) is 8.76. The van der Waals surface area contributed by atoms with Crippen molar-refractivity contribution in [3.8, 4) is 0 Å². The third kappa shape index (κ3) is 4.95. The van der Waals surface area contributed by atoms with Crippen LogP contribution in [-0.4, -0.2) is 59.7 Å². The second-order valence-corrected chi connectivity index (χ2v) is 5.13. The first-order valence-corrected chi connectivity index (χ1v) is 6.88. The molecule has 1 unspecified atom stereocenters. The molecule has 1 aliphatic heterocycles. The van der Waals surface area contributed by atoms with Crippen molar-refractivity contribution in [1.82, 2.24) is 4.90 Å². The third-order valence-corrected chi connectivity index (χ3v) is 3.67. The maximum Gasteiger partial charge on any atom is 0.305 e. The molecule has 1 aliphatic rings. The lowest BCUT2D eigenvalue weighted by Crippen LogP contribution is -2.38. The van der Waals surface area contributed by atoms with Crippen molar-refractivity contribution < 1.29 is 19.4 Å². The normalized spacial score (nSPS) is 19.6. The predicted octanol–water partition coefficient (Wildman–Crippen LogP) is 0.832. The lowest BCUT2D eigenvalue weighted by atomic mass is 10.1. The van der Waals surface area contributed by atoms with Crippen LogP contribution in [0.15, 0.2) is 0 Å². The number of carbonyl (C=O) groups is 2. The van der Waals surface area contributed by atoms with Crippen LogP contribution in [0.1, 0.15) is 19.3 Å². The van der Waals surface area contributed by atoms with E-state index < -0.39 is 5.97 Å². The van der Waals surface area contributed by atoms with Crippen molar-refractivity contribution in [1.29, 1.82) is 0 Å². The van der Waals surface area contributed by atoms with E-state index in [9.17, 15) is 9.59 Å². The maximum absolute atomic E-state index is 11.9. The molecule has 0 spiro atoms. The highest BCUT2D eigenvalue weighted by molar-refractivity contribution is 7.99. The van der Waals surface area contributed by atoms with E-state index in [4.69, 9.17) is 9.84 Å². The zero-order valence-electron chi connectivity index (χ0n) is 10.1. The van der Waals surface area contributed by atoms with Gasteiger partial charge >= 0.3 is 5.97 Å². The molecule has 0 aromatic rings. The number of hydrogen-bond acceptors (Lipinski definition) is 4. The van der Waals surface area contributed by atoms with E-state index in [0.29, 0.717) is 18.9 Å². The van der Waals surface area contributed by atoms with Gasteiger partial charge < -0.3 is 14.7 Å². The first-order valence-electron chi connectivity index (χ1n) is 5.73. The summed E-state index contributed by atoms with van der Waals surface area (Å²) in [6, 6.07) is -0.108. The van der Waals surface area contributed by atoms with Crippen LogP contribution in [0.25, 0.3) is 0 Å². The van der Waals surface area contributed by atoms with E-state index in [0.717, 1.165) is 18.6 Å². The van der Waals surface area contributed by atoms with Gasteiger partial charge in [0, 0.05) is 25.4 Å². The SMILES string of the molecule is COCCSCC(=O)N1CCCC1CC(=O)O. The summed E-state index contributed by atoms with van der Waals surface area (Å²) in [7, 11) is 1.63. The highest BCUT2D eigenvalue weighted by atomic mass is 32.2. The number of carbonyl (C=O) groups excluding carboxylic acids is 1. The van der Waals surface area contributed by atoms with Crippen molar-refractivity contribution in [2.24, 2.45) is 0 Å². The first-order chi connectivity index (χ1) is 8.15. The lowest BCUT2D eigenvalue weighted by molar-refractivity contribution is -0.139. The van der Waals surface area contributed by atoms with Crippen LogP contribution in [0, 0.1) is 0 Å². The van der Waals surface area contributed by atoms with Gasteiger partial charge in [-0.3, -0.25) is 9.59 Å². The van der Waals surface area contributed by atoms with Gasteiger partial charge in [-0.2, -0.15) is 0 Å². The molecule has 0 aromatic carbocycles. The number of likely N-dealkylation sites (tertiary alicyclic amines) is 1. The highest BCUT2D eigenvalue weighted by Crippen LogP contribution is 2.21. The molecule has 0 aliphatic carbocycles. The Hall–Kier alpha value is -0.750. The fraction of sp³-hybridized carbons (Fsp3) is 0.818. The van der Waals surface area contributed by atoms with Crippen molar-refractivity contribution in [2.75, 3.05) is 31.8 Å². The van der Waals surface area contributed by atoms with Gasteiger partial charge in [-0.25, -0.2) is 0 Å². The molecule has 98 valence electrons. The number of rotatable bonds is 7. The molecule has 5 nitrogen and oxygen atoms in total. The van der Waals surface area contributed by atoms with Crippen LogP contribution in [0.4, 0.5) is 0 Å². The minimum atomic E-state index is -0.832. The Bertz CT molecular complexity index is 272. The van der Waals surface area contributed by atoms with Crippen molar-refractivity contribution >= 4 is 23.6 Å². The van der Waals surface area contributed by atoms with Gasteiger partial charge in [-0.05, 0) is 12.8 Å². The fourth-order valence-corrected chi connectivity index (χ4v) is 2.73. The van der Waals surface area contributed by atoms with Gasteiger partial charge in [-0.1, -0.05) is 0 Å². The second kappa shape index (κ2) is 7.55. The largest absolute Gasteiger partial charge is 0.481 e. The number of methoxy groups -OCH3 is 1. The second-order valence-electron chi connectivity index (χ2n) is 4.03. The molecule has 1 N–H and O–H groups in total. The average molecular weight is 261 g/mol. The van der Waals surface area contributed by atoms with Crippen LogP contribution in [0.3, 0.4) is 0 Å². The van der Waals surface area contributed by atoms with Crippen LogP contribution in [0.2, 0.25) is 0 Å². The fourth-order valence-electron chi connectivity index (χ4n) is 1.96. The van der Waals surface area contributed by atoms with E-state index in [2.05, 4.69) is 0 Å². The minimum absolute atomic E-state index is 0.0508. The predicted molar refractivity (Wildman–Crippen MR) is 66.2 cm³/mol. The summed E-state index contributed by atoms with van der Waals surface area (Å²) in [5.74, 6) is 0.427. The topological polar surface area (TPSA) is 66.8 Å². The number of thioether (sulfide) groups is 1. The van der Waals surface area contributed by atoms with Crippen LogP contribution < -0.4 is 0 Å². The summed E-state index contributed by atoms with van der Waals surface area (Å²) in [5.41, 5.74) is 0. The minimum Gasteiger partial charge on any atom is -0.481 e. The zero-order chi connectivity index (χ0) is 12.7. The lowest BCUT2D eigenvalue weighted by Gasteiger charge is -2.23. The molecule has 1 heterocycles. The van der Waals surface area contributed by atoms with Gasteiger partial charge in [0.2, 0.25) is 5.91 Å². The molecule has 0 radical (unpaired) electrons. The number of aliphatic carboxylic acids is 1. The van der Waals surface area contributed by atoms with Gasteiger partial charge in [0.25, 0.3) is 0 Å². The van der Waals surface area contributed by atoms with E-state index >= 15 is 0 Å². The molecule has 6 heteroatoms. The standard InChI is InChI=1S/C11H19NO4S/c1-16-5-6-17-8-10(13)12-4-2-3-9(12)7-11(14)15/h9H,2-8H2,1H3,(H,14,15). The Kier molecular flexibility index (Phi) is 6.36. The first kappa shape index (κ1) is 14.3. The maximum atomic E-state index is 11.9. The Balaban J connectivity index is 2.31. The quantitative estimate of drug-likeness (QED) is 0.688. The van der Waals surface area contributed by atoms with E-state index in [1.54, 1.807) is 12.0 Å². The number of carboxylic acids is 1. The summed E-state index contributed by atoms with van der Waals surface area (Å²) in [6.45, 7) is 1.33. The highest BCUT2D eigenvalue weighted by Gasteiger charge is 2.29. The van der Waals surface area contributed by atoms with Gasteiger partial charge in [0.05, 0.1) is 18.8 Å². The Morgan fingerprint density at radius 1 is 1.53 bits per heavy atom. The molecule has 1 saturated heterocycles.